The molecule has 122 valence electrons. The fraction of sp³-hybridized carbons (Fsp3) is 0.118. The molecule has 0 radical (unpaired) electrons. The Labute approximate surface area is 138 Å². The molecule has 1 aromatic heterocycles. The highest BCUT2D eigenvalue weighted by Crippen LogP contribution is 2.32. The summed E-state index contributed by atoms with van der Waals surface area (Å²) in [6.07, 6.45) is 0. The van der Waals surface area contributed by atoms with E-state index in [2.05, 4.69) is 10.1 Å². The molecule has 0 unspecified atom stereocenters. The number of carbonyl (C=O) groups is 1. The quantitative estimate of drug-likeness (QED) is 0.746. The fourth-order valence-corrected chi connectivity index (χ4v) is 2.11. The largest absolute Gasteiger partial charge is 0.493 e. The zero-order valence-electron chi connectivity index (χ0n) is 12.9. The number of primary amides is 1. The van der Waals surface area contributed by atoms with E-state index in [1.165, 1.54) is 7.11 Å². The summed E-state index contributed by atoms with van der Waals surface area (Å²) in [5.74, 6) is 1.14. The molecular weight excluding hydrogens is 310 g/mol. The van der Waals surface area contributed by atoms with Crippen molar-refractivity contribution in [3.63, 3.8) is 0 Å². The number of nitrogens with zero attached hydrogens (tertiary/aromatic N) is 2. The highest BCUT2D eigenvalue weighted by atomic mass is 16.5. The van der Waals surface area contributed by atoms with E-state index in [0.717, 1.165) is 5.56 Å². The van der Waals surface area contributed by atoms with Crippen molar-refractivity contribution in [1.29, 1.82) is 0 Å². The van der Waals surface area contributed by atoms with Crippen LogP contribution in [-0.2, 0) is 4.79 Å². The van der Waals surface area contributed by atoms with Crippen LogP contribution in [0, 0.1) is 0 Å². The summed E-state index contributed by atoms with van der Waals surface area (Å²) in [6, 6.07) is 14.6. The lowest BCUT2D eigenvalue weighted by molar-refractivity contribution is -0.119. The number of hydrogen-bond acceptors (Lipinski definition) is 6. The van der Waals surface area contributed by atoms with Crippen LogP contribution in [0.1, 0.15) is 0 Å². The smallest absolute Gasteiger partial charge is 0.258 e. The van der Waals surface area contributed by atoms with Gasteiger partial charge in [-0.15, -0.1) is 0 Å². The van der Waals surface area contributed by atoms with E-state index in [9.17, 15) is 4.79 Å². The molecule has 1 heterocycles. The van der Waals surface area contributed by atoms with E-state index in [1.54, 1.807) is 18.2 Å². The third-order valence-electron chi connectivity index (χ3n) is 3.24. The molecule has 0 bridgehead atoms. The first-order chi connectivity index (χ1) is 11.7. The van der Waals surface area contributed by atoms with Gasteiger partial charge in [0.05, 0.1) is 7.11 Å². The molecule has 0 atom stereocenters. The van der Waals surface area contributed by atoms with Gasteiger partial charge in [0.15, 0.2) is 18.1 Å². The molecule has 0 aliphatic carbocycles. The summed E-state index contributed by atoms with van der Waals surface area (Å²) < 4.78 is 15.9. The predicted molar refractivity (Wildman–Crippen MR) is 86.4 cm³/mol. The number of amides is 1. The van der Waals surface area contributed by atoms with Crippen molar-refractivity contribution in [2.24, 2.45) is 5.73 Å². The highest BCUT2D eigenvalue weighted by Gasteiger charge is 2.13. The minimum atomic E-state index is -0.563. The number of methoxy groups -OCH3 is 1. The van der Waals surface area contributed by atoms with Crippen molar-refractivity contribution in [2.45, 2.75) is 0 Å². The number of nitrogens with two attached hydrogens (primary N) is 1. The summed E-state index contributed by atoms with van der Waals surface area (Å²) >= 11 is 0. The standard InChI is InChI=1S/C17H15N3O4/c1-22-14-9-12(7-8-13(14)23-10-15(18)21)16-19-17(24-20-16)11-5-3-2-4-6-11/h2-9H,10H2,1H3,(H2,18,21). The second-order valence-corrected chi connectivity index (χ2v) is 4.91. The van der Waals surface area contributed by atoms with Crippen LogP contribution in [-0.4, -0.2) is 29.8 Å². The Balaban J connectivity index is 1.87. The van der Waals surface area contributed by atoms with Crippen LogP contribution >= 0.6 is 0 Å². The number of benzene rings is 2. The molecule has 1 amide bonds. The number of ether oxygens (including phenoxy) is 2. The Bertz CT molecular complexity index is 846. The Morgan fingerprint density at radius 1 is 1.12 bits per heavy atom. The second kappa shape index (κ2) is 6.82. The average molecular weight is 325 g/mol. The van der Waals surface area contributed by atoms with Gasteiger partial charge in [-0.25, -0.2) is 0 Å². The van der Waals surface area contributed by atoms with Gasteiger partial charge in [-0.05, 0) is 30.3 Å². The molecule has 0 aliphatic rings. The minimum absolute atomic E-state index is 0.226. The van der Waals surface area contributed by atoms with Crippen LogP contribution in [0.3, 0.4) is 0 Å². The third kappa shape index (κ3) is 3.35. The molecular formula is C17H15N3O4. The van der Waals surface area contributed by atoms with E-state index in [0.29, 0.717) is 28.8 Å². The van der Waals surface area contributed by atoms with Gasteiger partial charge >= 0.3 is 0 Å². The van der Waals surface area contributed by atoms with E-state index in [4.69, 9.17) is 19.7 Å². The van der Waals surface area contributed by atoms with Gasteiger partial charge in [-0.1, -0.05) is 23.4 Å². The Morgan fingerprint density at radius 3 is 2.62 bits per heavy atom. The normalized spacial score (nSPS) is 10.4. The predicted octanol–water partition coefficient (Wildman–Crippen LogP) is 2.28. The van der Waals surface area contributed by atoms with Crippen molar-refractivity contribution in [1.82, 2.24) is 10.1 Å². The lowest BCUT2D eigenvalue weighted by Crippen LogP contribution is -2.20. The Kier molecular flexibility index (Phi) is 4.42. The maximum absolute atomic E-state index is 10.8. The second-order valence-electron chi connectivity index (χ2n) is 4.91. The molecule has 2 N–H and O–H groups in total. The lowest BCUT2D eigenvalue weighted by atomic mass is 10.2. The van der Waals surface area contributed by atoms with Crippen LogP contribution in [0.4, 0.5) is 0 Å². The SMILES string of the molecule is COc1cc(-c2noc(-c3ccccc3)n2)ccc1OCC(N)=O. The van der Waals surface area contributed by atoms with E-state index in [-0.39, 0.29) is 6.61 Å². The zero-order chi connectivity index (χ0) is 16.9. The summed E-state index contributed by atoms with van der Waals surface area (Å²) in [5.41, 5.74) is 6.61. The number of aromatic nitrogens is 2. The molecule has 0 spiro atoms. The summed E-state index contributed by atoms with van der Waals surface area (Å²) in [5, 5.41) is 3.99. The fourth-order valence-electron chi connectivity index (χ4n) is 2.11. The maximum atomic E-state index is 10.8. The topological polar surface area (TPSA) is 100 Å². The van der Waals surface area contributed by atoms with Gasteiger partial charge in [0.25, 0.3) is 11.8 Å². The number of hydrogen-bond donors (Lipinski definition) is 1. The molecule has 7 nitrogen and oxygen atoms in total. The van der Waals surface area contributed by atoms with Gasteiger partial charge in [0, 0.05) is 11.1 Å². The number of rotatable bonds is 6. The Hall–Kier alpha value is -3.35. The molecule has 2 aromatic carbocycles. The lowest BCUT2D eigenvalue weighted by Gasteiger charge is -2.09. The first-order valence-corrected chi connectivity index (χ1v) is 7.16. The van der Waals surface area contributed by atoms with Crippen molar-refractivity contribution >= 4 is 5.91 Å². The van der Waals surface area contributed by atoms with Gasteiger partial charge in [0.2, 0.25) is 5.82 Å². The molecule has 3 aromatic rings. The first kappa shape index (κ1) is 15.5. The van der Waals surface area contributed by atoms with Gasteiger partial charge in [-0.3, -0.25) is 4.79 Å². The molecule has 7 heteroatoms. The van der Waals surface area contributed by atoms with Gasteiger partial charge in [0.1, 0.15) is 0 Å². The number of carbonyl (C=O) groups excluding carboxylic acids is 1. The van der Waals surface area contributed by atoms with Crippen molar-refractivity contribution in [3.05, 3.63) is 48.5 Å². The van der Waals surface area contributed by atoms with Crippen LogP contribution in [0.15, 0.2) is 53.1 Å². The van der Waals surface area contributed by atoms with Crippen LogP contribution in [0.5, 0.6) is 11.5 Å². The average Bonchev–Trinajstić information content (AvgIpc) is 3.10. The van der Waals surface area contributed by atoms with Crippen molar-refractivity contribution in [3.8, 4) is 34.3 Å². The summed E-state index contributed by atoms with van der Waals surface area (Å²) in [6.45, 7) is -0.226. The van der Waals surface area contributed by atoms with E-state index >= 15 is 0 Å². The maximum Gasteiger partial charge on any atom is 0.258 e. The molecule has 0 aliphatic heterocycles. The van der Waals surface area contributed by atoms with Gasteiger partial charge in [-0.2, -0.15) is 4.98 Å². The van der Waals surface area contributed by atoms with Crippen LogP contribution < -0.4 is 15.2 Å². The van der Waals surface area contributed by atoms with Gasteiger partial charge < -0.3 is 19.7 Å². The minimum Gasteiger partial charge on any atom is -0.493 e. The molecule has 0 saturated carbocycles. The Morgan fingerprint density at radius 2 is 1.92 bits per heavy atom. The molecule has 3 rings (SSSR count). The first-order valence-electron chi connectivity index (χ1n) is 7.16. The molecule has 0 saturated heterocycles. The third-order valence-corrected chi connectivity index (χ3v) is 3.24. The van der Waals surface area contributed by atoms with E-state index < -0.39 is 5.91 Å². The summed E-state index contributed by atoms with van der Waals surface area (Å²) in [4.78, 5) is 15.2. The van der Waals surface area contributed by atoms with E-state index in [1.807, 2.05) is 30.3 Å². The monoisotopic (exact) mass is 325 g/mol. The van der Waals surface area contributed by atoms with Crippen molar-refractivity contribution in [2.75, 3.05) is 13.7 Å². The molecule has 0 fully saturated rings. The van der Waals surface area contributed by atoms with Crippen LogP contribution in [0.2, 0.25) is 0 Å². The highest BCUT2D eigenvalue weighted by molar-refractivity contribution is 5.75. The molecule has 24 heavy (non-hydrogen) atoms. The van der Waals surface area contributed by atoms with Crippen molar-refractivity contribution < 1.29 is 18.8 Å². The summed E-state index contributed by atoms with van der Waals surface area (Å²) in [7, 11) is 1.50. The van der Waals surface area contributed by atoms with Crippen LogP contribution in [0.25, 0.3) is 22.8 Å². The zero-order valence-corrected chi connectivity index (χ0v) is 12.9.